The van der Waals surface area contributed by atoms with Gasteiger partial charge in [0.05, 0.1) is 0 Å². The largest absolute Gasteiger partial charge is 0.351 e. The number of carbonyl (C=O) groups is 2. The fourth-order valence-corrected chi connectivity index (χ4v) is 1.32. The molecule has 1 unspecified atom stereocenters. The molecule has 15 heavy (non-hydrogen) atoms. The second kappa shape index (κ2) is 3.73. The smallest absolute Gasteiger partial charge is 0.305 e. The van der Waals surface area contributed by atoms with E-state index < -0.39 is 17.1 Å². The van der Waals surface area contributed by atoms with E-state index in [9.17, 15) is 9.59 Å². The van der Waals surface area contributed by atoms with Gasteiger partial charge >= 0.3 is 12.1 Å². The summed E-state index contributed by atoms with van der Waals surface area (Å²) >= 11 is 4.19. The lowest BCUT2D eigenvalue weighted by Gasteiger charge is -2.41. The van der Waals surface area contributed by atoms with Gasteiger partial charge in [-0.1, -0.05) is 0 Å². The Labute approximate surface area is 93.7 Å². The topological polar surface area (TPSA) is 65.0 Å². The standard InChI is InChI=1S/C8H14N4O2S/c1-5(2)10-12-7(14)11(4)6(13)9-8(12,3)15/h15H,1-4H3,(H,9,13). The van der Waals surface area contributed by atoms with Crippen LogP contribution in [0.3, 0.4) is 0 Å². The molecule has 1 rings (SSSR count). The SMILES string of the molecule is CC(C)=NN1C(=O)N(C)C(=O)NC1(C)S. The van der Waals surface area contributed by atoms with Crippen LogP contribution in [0, 0.1) is 0 Å². The first-order valence-electron chi connectivity index (χ1n) is 4.40. The zero-order chi connectivity index (χ0) is 11.8. The van der Waals surface area contributed by atoms with Crippen molar-refractivity contribution < 1.29 is 9.59 Å². The van der Waals surface area contributed by atoms with Crippen LogP contribution in [-0.4, -0.2) is 39.7 Å². The summed E-state index contributed by atoms with van der Waals surface area (Å²) < 4.78 is 0. The van der Waals surface area contributed by atoms with Gasteiger partial charge < -0.3 is 5.32 Å². The summed E-state index contributed by atoms with van der Waals surface area (Å²) in [6.45, 7) is 5.10. The van der Waals surface area contributed by atoms with Gasteiger partial charge in [0.2, 0.25) is 0 Å². The first-order valence-corrected chi connectivity index (χ1v) is 4.84. The maximum atomic E-state index is 11.7. The summed E-state index contributed by atoms with van der Waals surface area (Å²) in [7, 11) is 1.38. The van der Waals surface area contributed by atoms with E-state index in [-0.39, 0.29) is 0 Å². The number of rotatable bonds is 1. The Morgan fingerprint density at radius 1 is 1.47 bits per heavy atom. The molecule has 0 aliphatic carbocycles. The van der Waals surface area contributed by atoms with Crippen LogP contribution in [-0.2, 0) is 0 Å². The molecule has 0 spiro atoms. The molecule has 0 aromatic rings. The van der Waals surface area contributed by atoms with E-state index in [4.69, 9.17) is 0 Å². The maximum Gasteiger partial charge on any atom is 0.351 e. The minimum Gasteiger partial charge on any atom is -0.305 e. The molecule has 1 N–H and O–H groups in total. The predicted molar refractivity (Wildman–Crippen MR) is 59.7 cm³/mol. The molecule has 1 aliphatic heterocycles. The maximum absolute atomic E-state index is 11.7. The van der Waals surface area contributed by atoms with Crippen molar-refractivity contribution in [3.05, 3.63) is 0 Å². The molecule has 1 fully saturated rings. The number of imide groups is 1. The first kappa shape index (κ1) is 11.8. The molecule has 0 aromatic carbocycles. The van der Waals surface area contributed by atoms with Crippen LogP contribution in [0.4, 0.5) is 9.59 Å². The third-order valence-electron chi connectivity index (χ3n) is 1.83. The van der Waals surface area contributed by atoms with Gasteiger partial charge in [-0.2, -0.15) is 10.1 Å². The Morgan fingerprint density at radius 2 is 2.00 bits per heavy atom. The average Bonchev–Trinajstić information content (AvgIpc) is 2.08. The summed E-state index contributed by atoms with van der Waals surface area (Å²) in [5.74, 6) is 0. The number of hydrogen-bond donors (Lipinski definition) is 2. The summed E-state index contributed by atoms with van der Waals surface area (Å²) in [5.41, 5.74) is 0.702. The predicted octanol–water partition coefficient (Wildman–Crippen LogP) is 1.06. The molecule has 0 bridgehead atoms. The third kappa shape index (κ3) is 2.23. The number of amides is 4. The molecule has 0 saturated carbocycles. The summed E-state index contributed by atoms with van der Waals surface area (Å²) in [6, 6.07) is -0.991. The number of nitrogens with zero attached hydrogens (tertiary/aromatic N) is 3. The van der Waals surface area contributed by atoms with Crippen LogP contribution < -0.4 is 5.32 Å². The highest BCUT2D eigenvalue weighted by atomic mass is 32.1. The molecule has 6 nitrogen and oxygen atoms in total. The van der Waals surface area contributed by atoms with Crippen LogP contribution in [0.5, 0.6) is 0 Å². The van der Waals surface area contributed by atoms with Crippen molar-refractivity contribution in [2.75, 3.05) is 7.05 Å². The Bertz CT molecular complexity index is 336. The Balaban J connectivity index is 3.07. The molecular weight excluding hydrogens is 216 g/mol. The first-order chi connectivity index (χ1) is 6.75. The number of hydrogen-bond acceptors (Lipinski definition) is 4. The van der Waals surface area contributed by atoms with Crippen LogP contribution in [0.2, 0.25) is 0 Å². The minimum absolute atomic E-state index is 0.488. The number of urea groups is 2. The summed E-state index contributed by atoms with van der Waals surface area (Å²) in [4.78, 5) is 22.9. The second-order valence-electron chi connectivity index (χ2n) is 3.65. The van der Waals surface area contributed by atoms with Gasteiger partial charge in [-0.05, 0) is 20.8 Å². The number of thiol groups is 1. The lowest BCUT2D eigenvalue weighted by Crippen LogP contribution is -2.66. The van der Waals surface area contributed by atoms with Gasteiger partial charge in [-0.25, -0.2) is 14.5 Å². The van der Waals surface area contributed by atoms with Gasteiger partial charge in [-0.15, -0.1) is 12.6 Å². The van der Waals surface area contributed by atoms with E-state index in [1.165, 1.54) is 7.05 Å². The zero-order valence-electron chi connectivity index (χ0n) is 9.11. The molecule has 1 atom stereocenters. The normalized spacial score (nSPS) is 26.5. The van der Waals surface area contributed by atoms with Crippen molar-refractivity contribution in [2.45, 2.75) is 25.8 Å². The van der Waals surface area contributed by atoms with E-state index >= 15 is 0 Å². The fourth-order valence-electron chi connectivity index (χ4n) is 1.09. The average molecular weight is 230 g/mol. The molecule has 0 radical (unpaired) electrons. The number of hydrazone groups is 1. The molecule has 0 aromatic heterocycles. The molecule has 1 aliphatic rings. The molecule has 7 heteroatoms. The highest BCUT2D eigenvalue weighted by Gasteiger charge is 2.42. The summed E-state index contributed by atoms with van der Waals surface area (Å²) in [6.07, 6.45) is 0. The third-order valence-corrected chi connectivity index (χ3v) is 2.13. The van der Waals surface area contributed by atoms with E-state index in [1.807, 2.05) is 0 Å². The quantitative estimate of drug-likeness (QED) is 0.522. The fraction of sp³-hybridized carbons (Fsp3) is 0.625. The molecular formula is C8H14N4O2S. The van der Waals surface area contributed by atoms with Crippen molar-refractivity contribution in [3.63, 3.8) is 0 Å². The highest BCUT2D eigenvalue weighted by molar-refractivity contribution is 7.81. The van der Waals surface area contributed by atoms with Crippen molar-refractivity contribution in [3.8, 4) is 0 Å². The van der Waals surface area contributed by atoms with Gasteiger partial charge in [0.25, 0.3) is 0 Å². The number of nitrogens with one attached hydrogen (secondary N) is 1. The van der Waals surface area contributed by atoms with Gasteiger partial charge in [0.15, 0.2) is 4.99 Å². The van der Waals surface area contributed by atoms with Crippen molar-refractivity contribution in [2.24, 2.45) is 5.10 Å². The minimum atomic E-state index is -1.10. The molecule has 1 heterocycles. The van der Waals surface area contributed by atoms with Crippen LogP contribution in [0.1, 0.15) is 20.8 Å². The van der Waals surface area contributed by atoms with E-state index in [0.717, 1.165) is 9.91 Å². The van der Waals surface area contributed by atoms with Crippen molar-refractivity contribution in [1.29, 1.82) is 0 Å². The molecule has 1 saturated heterocycles. The van der Waals surface area contributed by atoms with Gasteiger partial charge in [0.1, 0.15) is 0 Å². The Hall–Kier alpha value is -1.24. The monoisotopic (exact) mass is 230 g/mol. The Morgan fingerprint density at radius 3 is 2.47 bits per heavy atom. The van der Waals surface area contributed by atoms with Crippen LogP contribution >= 0.6 is 12.6 Å². The van der Waals surface area contributed by atoms with E-state index in [2.05, 4.69) is 23.0 Å². The lowest BCUT2D eigenvalue weighted by atomic mass is 10.4. The summed E-state index contributed by atoms with van der Waals surface area (Å²) in [5, 5.41) is 7.69. The van der Waals surface area contributed by atoms with Crippen LogP contribution in [0.25, 0.3) is 0 Å². The zero-order valence-corrected chi connectivity index (χ0v) is 10.00. The second-order valence-corrected chi connectivity index (χ2v) is 4.52. The van der Waals surface area contributed by atoms with Gasteiger partial charge in [0, 0.05) is 12.8 Å². The van der Waals surface area contributed by atoms with Crippen molar-refractivity contribution >= 4 is 30.4 Å². The van der Waals surface area contributed by atoms with Crippen molar-refractivity contribution in [1.82, 2.24) is 15.2 Å². The Kier molecular flexibility index (Phi) is 2.94. The van der Waals surface area contributed by atoms with Gasteiger partial charge in [-0.3, -0.25) is 0 Å². The number of carbonyl (C=O) groups excluding carboxylic acids is 2. The molecule has 84 valence electrons. The van der Waals surface area contributed by atoms with Crippen LogP contribution in [0.15, 0.2) is 5.10 Å². The lowest BCUT2D eigenvalue weighted by molar-refractivity contribution is 0.106. The van der Waals surface area contributed by atoms with E-state index in [0.29, 0.717) is 5.71 Å². The van der Waals surface area contributed by atoms with E-state index in [1.54, 1.807) is 20.8 Å². The molecule has 4 amide bonds. The highest BCUT2D eigenvalue weighted by Crippen LogP contribution is 2.23.